The van der Waals surface area contributed by atoms with Gasteiger partial charge in [0.25, 0.3) is 0 Å². The molecule has 1 heterocycles. The van der Waals surface area contributed by atoms with Crippen molar-refractivity contribution in [2.75, 3.05) is 20.8 Å². The number of aliphatic hydroxyl groups is 1. The number of hydrogen-bond donors (Lipinski definition) is 3. The van der Waals surface area contributed by atoms with Gasteiger partial charge < -0.3 is 24.9 Å². The number of halogens is 1. The van der Waals surface area contributed by atoms with Crippen LogP contribution in [0.3, 0.4) is 0 Å². The van der Waals surface area contributed by atoms with E-state index in [0.717, 1.165) is 27.7 Å². The molecule has 1 atom stereocenters. The highest BCUT2D eigenvalue weighted by Crippen LogP contribution is 2.32. The summed E-state index contributed by atoms with van der Waals surface area (Å²) in [6.07, 6.45) is -0.361. The van der Waals surface area contributed by atoms with E-state index in [4.69, 9.17) is 9.47 Å². The molecule has 0 saturated heterocycles. The first kappa shape index (κ1) is 23.3. The Morgan fingerprint density at radius 3 is 2.59 bits per heavy atom. The molecule has 176 valence electrons. The average Bonchev–Trinajstić information content (AvgIpc) is 3.23. The van der Waals surface area contributed by atoms with Crippen LogP contribution in [0.25, 0.3) is 22.2 Å². The molecule has 1 aromatic heterocycles. The van der Waals surface area contributed by atoms with E-state index in [9.17, 15) is 14.3 Å². The third-order valence-corrected chi connectivity index (χ3v) is 5.82. The minimum absolute atomic E-state index is 0.0242. The Hall–Kier alpha value is -3.84. The summed E-state index contributed by atoms with van der Waals surface area (Å²) < 4.78 is 24.5. The van der Waals surface area contributed by atoms with Crippen molar-refractivity contribution in [1.29, 1.82) is 0 Å². The van der Waals surface area contributed by atoms with Crippen molar-refractivity contribution in [3.63, 3.8) is 0 Å². The molecule has 7 heteroatoms. The summed E-state index contributed by atoms with van der Waals surface area (Å²) in [7, 11) is 3.06. The smallest absolute Gasteiger partial charge is 0.220 e. The van der Waals surface area contributed by atoms with Gasteiger partial charge >= 0.3 is 0 Å². The second-order valence-electron chi connectivity index (χ2n) is 7.96. The van der Waals surface area contributed by atoms with Crippen LogP contribution in [0.5, 0.6) is 11.5 Å². The largest absolute Gasteiger partial charge is 0.497 e. The summed E-state index contributed by atoms with van der Waals surface area (Å²) in [4.78, 5) is 16.0. The van der Waals surface area contributed by atoms with E-state index >= 15 is 0 Å². The van der Waals surface area contributed by atoms with Crippen LogP contribution in [0.1, 0.15) is 23.7 Å². The molecule has 1 amide bonds. The molecule has 1 unspecified atom stereocenters. The molecule has 0 radical (unpaired) electrons. The number of aromatic amines is 1. The van der Waals surface area contributed by atoms with Gasteiger partial charge in [-0.2, -0.15) is 0 Å². The lowest BCUT2D eigenvalue weighted by Crippen LogP contribution is -2.28. The molecule has 0 spiro atoms. The molecule has 3 N–H and O–H groups in total. The zero-order valence-corrected chi connectivity index (χ0v) is 19.1. The van der Waals surface area contributed by atoms with Crippen LogP contribution < -0.4 is 14.8 Å². The van der Waals surface area contributed by atoms with Crippen molar-refractivity contribution in [3.05, 3.63) is 83.7 Å². The molecule has 0 bridgehead atoms. The van der Waals surface area contributed by atoms with Crippen molar-refractivity contribution < 1.29 is 23.8 Å². The number of fused-ring (bicyclic) bond motifs is 1. The van der Waals surface area contributed by atoms with E-state index in [1.54, 1.807) is 31.4 Å². The van der Waals surface area contributed by atoms with Gasteiger partial charge in [0.15, 0.2) is 0 Å². The summed E-state index contributed by atoms with van der Waals surface area (Å²) >= 11 is 0. The van der Waals surface area contributed by atoms with Crippen molar-refractivity contribution in [2.45, 2.75) is 18.9 Å². The van der Waals surface area contributed by atoms with E-state index in [2.05, 4.69) is 10.3 Å². The number of rotatable bonds is 9. The lowest BCUT2D eigenvalue weighted by Gasteiger charge is -2.16. The summed E-state index contributed by atoms with van der Waals surface area (Å²) in [6, 6.07) is 19.5. The number of H-pyrrole nitrogens is 1. The van der Waals surface area contributed by atoms with Crippen molar-refractivity contribution in [2.24, 2.45) is 0 Å². The molecule has 0 aliphatic carbocycles. The SMILES string of the molecule is COc1ccc(OC)c(C(O)CNC(=O)CCc2c(-c3ccccc3)[nH]c3ccc(F)cc23)c1. The number of benzene rings is 3. The van der Waals surface area contributed by atoms with Gasteiger partial charge in [0.05, 0.1) is 20.3 Å². The van der Waals surface area contributed by atoms with Gasteiger partial charge in [-0.3, -0.25) is 4.79 Å². The number of aryl methyl sites for hydroxylation is 1. The Balaban J connectivity index is 1.47. The molecule has 4 rings (SSSR count). The Labute approximate surface area is 197 Å². The number of carbonyl (C=O) groups excluding carboxylic acids is 1. The lowest BCUT2D eigenvalue weighted by molar-refractivity contribution is -0.121. The van der Waals surface area contributed by atoms with E-state index in [0.29, 0.717) is 23.5 Å². The Morgan fingerprint density at radius 2 is 1.85 bits per heavy atom. The lowest BCUT2D eigenvalue weighted by atomic mass is 10.0. The van der Waals surface area contributed by atoms with E-state index in [1.165, 1.54) is 19.2 Å². The van der Waals surface area contributed by atoms with Gasteiger partial charge in [-0.05, 0) is 53.9 Å². The summed E-state index contributed by atoms with van der Waals surface area (Å²) in [5, 5.41) is 14.2. The summed E-state index contributed by atoms with van der Waals surface area (Å²) in [6.45, 7) is 0.0242. The first-order valence-electron chi connectivity index (χ1n) is 11.0. The van der Waals surface area contributed by atoms with Crippen molar-refractivity contribution in [3.8, 4) is 22.8 Å². The van der Waals surface area contributed by atoms with E-state index < -0.39 is 6.10 Å². The second-order valence-corrected chi connectivity index (χ2v) is 7.96. The number of nitrogens with one attached hydrogen (secondary N) is 2. The highest BCUT2D eigenvalue weighted by molar-refractivity contribution is 5.91. The fourth-order valence-corrected chi connectivity index (χ4v) is 4.08. The maximum absolute atomic E-state index is 14.0. The van der Waals surface area contributed by atoms with Gasteiger partial charge in [-0.15, -0.1) is 0 Å². The number of hydrogen-bond acceptors (Lipinski definition) is 4. The van der Waals surface area contributed by atoms with Gasteiger partial charge in [-0.1, -0.05) is 30.3 Å². The first-order chi connectivity index (χ1) is 16.5. The van der Waals surface area contributed by atoms with Crippen molar-refractivity contribution >= 4 is 16.8 Å². The first-order valence-corrected chi connectivity index (χ1v) is 11.0. The van der Waals surface area contributed by atoms with Crippen LogP contribution in [-0.4, -0.2) is 36.8 Å². The van der Waals surface area contributed by atoms with E-state index in [1.807, 2.05) is 30.3 Å². The Bertz CT molecular complexity index is 1290. The summed E-state index contributed by atoms with van der Waals surface area (Å²) in [5.41, 5.74) is 4.06. The fourth-order valence-electron chi connectivity index (χ4n) is 4.08. The summed E-state index contributed by atoms with van der Waals surface area (Å²) in [5.74, 6) is 0.551. The van der Waals surface area contributed by atoms with Crippen molar-refractivity contribution in [1.82, 2.24) is 10.3 Å². The van der Waals surface area contributed by atoms with Crippen LogP contribution in [0.15, 0.2) is 66.7 Å². The number of aliphatic hydroxyl groups excluding tert-OH is 1. The third-order valence-electron chi connectivity index (χ3n) is 5.82. The zero-order chi connectivity index (χ0) is 24.1. The number of methoxy groups -OCH3 is 2. The minimum atomic E-state index is -0.962. The molecular formula is C27H27FN2O4. The highest BCUT2D eigenvalue weighted by Gasteiger charge is 2.18. The van der Waals surface area contributed by atoms with Crippen LogP contribution >= 0.6 is 0 Å². The fraction of sp³-hybridized carbons (Fsp3) is 0.222. The Kier molecular flexibility index (Phi) is 7.13. The molecule has 34 heavy (non-hydrogen) atoms. The number of carbonyl (C=O) groups is 1. The number of ether oxygens (including phenoxy) is 2. The van der Waals surface area contributed by atoms with E-state index in [-0.39, 0.29) is 24.7 Å². The molecule has 0 aliphatic rings. The van der Waals surface area contributed by atoms with Crippen LogP contribution in [0, 0.1) is 5.82 Å². The van der Waals surface area contributed by atoms with Gasteiger partial charge in [-0.25, -0.2) is 4.39 Å². The highest BCUT2D eigenvalue weighted by atomic mass is 19.1. The maximum Gasteiger partial charge on any atom is 0.220 e. The quantitative estimate of drug-likeness (QED) is 0.335. The van der Waals surface area contributed by atoms with Crippen LogP contribution in [0.4, 0.5) is 4.39 Å². The maximum atomic E-state index is 14.0. The number of aromatic nitrogens is 1. The third kappa shape index (κ3) is 5.05. The normalized spacial score (nSPS) is 11.9. The molecule has 0 aliphatic heterocycles. The topological polar surface area (TPSA) is 83.6 Å². The van der Waals surface area contributed by atoms with Crippen LogP contribution in [0.2, 0.25) is 0 Å². The number of amides is 1. The molecule has 0 fully saturated rings. The predicted molar refractivity (Wildman–Crippen MR) is 130 cm³/mol. The van der Waals surface area contributed by atoms with Crippen LogP contribution in [-0.2, 0) is 11.2 Å². The van der Waals surface area contributed by atoms with Gasteiger partial charge in [0.1, 0.15) is 17.3 Å². The van der Waals surface area contributed by atoms with Gasteiger partial charge in [0, 0.05) is 35.1 Å². The van der Waals surface area contributed by atoms with Gasteiger partial charge in [0.2, 0.25) is 5.91 Å². The minimum Gasteiger partial charge on any atom is -0.497 e. The predicted octanol–water partition coefficient (Wildman–Crippen LogP) is 4.77. The Morgan fingerprint density at radius 1 is 1.06 bits per heavy atom. The molecule has 6 nitrogen and oxygen atoms in total. The molecule has 0 saturated carbocycles. The zero-order valence-electron chi connectivity index (χ0n) is 19.1. The average molecular weight is 463 g/mol. The second kappa shape index (κ2) is 10.4. The monoisotopic (exact) mass is 462 g/mol. The molecule has 3 aromatic carbocycles. The standard InChI is InChI=1S/C27H27FN2O4/c1-33-19-9-12-25(34-2)22(15-19)24(31)16-29-26(32)13-10-20-21-14-18(28)8-11-23(21)30-27(20)17-6-4-3-5-7-17/h3-9,11-12,14-15,24,30-31H,10,13,16H2,1-2H3,(H,29,32). The molecular weight excluding hydrogens is 435 g/mol. The molecule has 4 aromatic rings.